The van der Waals surface area contributed by atoms with Crippen LogP contribution in [0.1, 0.15) is 15.9 Å². The third-order valence-corrected chi connectivity index (χ3v) is 3.67. The minimum Gasteiger partial charge on any atom is -0.455 e. The van der Waals surface area contributed by atoms with E-state index in [-0.39, 0.29) is 11.5 Å². The zero-order valence-corrected chi connectivity index (χ0v) is 14.2. The van der Waals surface area contributed by atoms with Gasteiger partial charge in [-0.3, -0.25) is 14.8 Å². The second-order valence-electron chi connectivity index (χ2n) is 5.61. The molecule has 0 fully saturated rings. The monoisotopic (exact) mass is 371 g/mol. The van der Waals surface area contributed by atoms with Crippen LogP contribution >= 0.6 is 0 Å². The number of nitrogens with zero attached hydrogens (tertiary/aromatic N) is 2. The Morgan fingerprint density at radius 1 is 1.07 bits per heavy atom. The van der Waals surface area contributed by atoms with Gasteiger partial charge in [0.05, 0.1) is 18.1 Å². The zero-order chi connectivity index (χ0) is 19.4. The van der Waals surface area contributed by atoms with Gasteiger partial charge in [-0.25, -0.2) is 0 Å². The van der Waals surface area contributed by atoms with E-state index in [1.807, 2.05) is 0 Å². The summed E-state index contributed by atoms with van der Waals surface area (Å²) in [6, 6.07) is 9.78. The Balaban J connectivity index is 1.84. The number of primary amides is 1. The highest BCUT2D eigenvalue weighted by Gasteiger charge is 2.10. The Kier molecular flexibility index (Phi) is 5.25. The zero-order valence-electron chi connectivity index (χ0n) is 14.2. The fourth-order valence-corrected chi connectivity index (χ4v) is 2.49. The van der Waals surface area contributed by atoms with Crippen molar-refractivity contribution in [1.82, 2.24) is 9.97 Å². The maximum Gasteiger partial charge on any atom is 0.387 e. The average molecular weight is 371 g/mol. The van der Waals surface area contributed by atoms with Crippen LogP contribution in [-0.4, -0.2) is 22.5 Å². The van der Waals surface area contributed by atoms with Crippen molar-refractivity contribution in [3.63, 3.8) is 0 Å². The summed E-state index contributed by atoms with van der Waals surface area (Å²) in [5, 5.41) is 0. The van der Waals surface area contributed by atoms with Crippen LogP contribution in [0.5, 0.6) is 17.2 Å². The molecule has 0 aliphatic carbocycles. The molecular weight excluding hydrogens is 356 g/mol. The van der Waals surface area contributed by atoms with Crippen LogP contribution in [0, 0.1) is 6.92 Å². The van der Waals surface area contributed by atoms with Gasteiger partial charge < -0.3 is 15.2 Å². The van der Waals surface area contributed by atoms with Crippen LogP contribution in [-0.2, 0) is 0 Å². The van der Waals surface area contributed by atoms with E-state index in [0.717, 1.165) is 11.1 Å². The van der Waals surface area contributed by atoms with Crippen molar-refractivity contribution in [2.75, 3.05) is 0 Å². The Labute approximate surface area is 153 Å². The molecule has 1 amide bonds. The first-order valence-corrected chi connectivity index (χ1v) is 7.87. The van der Waals surface area contributed by atoms with Crippen molar-refractivity contribution in [3.05, 3.63) is 66.1 Å². The number of carbonyl (C=O) groups excluding carboxylic acids is 1. The number of amides is 1. The first-order valence-electron chi connectivity index (χ1n) is 7.87. The Bertz CT molecular complexity index is 980. The highest BCUT2D eigenvalue weighted by molar-refractivity contribution is 5.94. The maximum atomic E-state index is 12.3. The Morgan fingerprint density at radius 2 is 1.85 bits per heavy atom. The summed E-state index contributed by atoms with van der Waals surface area (Å²) < 4.78 is 34.6. The highest BCUT2D eigenvalue weighted by atomic mass is 19.3. The van der Waals surface area contributed by atoms with Gasteiger partial charge in [0, 0.05) is 29.5 Å². The molecule has 2 aromatic heterocycles. The van der Waals surface area contributed by atoms with E-state index in [1.54, 1.807) is 43.5 Å². The Hall–Kier alpha value is -3.55. The van der Waals surface area contributed by atoms with Gasteiger partial charge in [0.2, 0.25) is 5.91 Å². The molecule has 0 bridgehead atoms. The quantitative estimate of drug-likeness (QED) is 0.709. The first kappa shape index (κ1) is 18.2. The number of rotatable bonds is 6. The number of aromatic nitrogens is 2. The predicted octanol–water partition coefficient (Wildman–Crippen LogP) is 3.94. The largest absolute Gasteiger partial charge is 0.455 e. The van der Waals surface area contributed by atoms with Gasteiger partial charge in [-0.15, -0.1) is 0 Å². The molecule has 2 N–H and O–H groups in total. The number of ether oxygens (including phenoxy) is 2. The molecule has 1 aromatic carbocycles. The number of hydrogen-bond donors (Lipinski definition) is 1. The Morgan fingerprint density at radius 3 is 2.56 bits per heavy atom. The second kappa shape index (κ2) is 7.77. The van der Waals surface area contributed by atoms with Gasteiger partial charge in [-0.1, -0.05) is 6.07 Å². The van der Waals surface area contributed by atoms with Crippen LogP contribution in [0.4, 0.5) is 8.78 Å². The van der Waals surface area contributed by atoms with E-state index in [9.17, 15) is 13.6 Å². The van der Waals surface area contributed by atoms with Gasteiger partial charge in [0.25, 0.3) is 0 Å². The molecule has 3 rings (SSSR count). The highest BCUT2D eigenvalue weighted by Crippen LogP contribution is 2.28. The van der Waals surface area contributed by atoms with E-state index < -0.39 is 12.5 Å². The summed E-state index contributed by atoms with van der Waals surface area (Å²) >= 11 is 0. The van der Waals surface area contributed by atoms with E-state index in [0.29, 0.717) is 17.0 Å². The number of aryl methyl sites for hydroxylation is 1. The molecule has 0 aliphatic rings. The lowest BCUT2D eigenvalue weighted by molar-refractivity contribution is -0.0501. The summed E-state index contributed by atoms with van der Waals surface area (Å²) in [6.45, 7) is -1.16. The van der Waals surface area contributed by atoms with Crippen molar-refractivity contribution in [2.24, 2.45) is 5.73 Å². The summed E-state index contributed by atoms with van der Waals surface area (Å²) in [4.78, 5) is 19.4. The van der Waals surface area contributed by atoms with Gasteiger partial charge in [-0.2, -0.15) is 8.78 Å². The minimum atomic E-state index is -2.94. The van der Waals surface area contributed by atoms with Crippen LogP contribution in [0.2, 0.25) is 0 Å². The fraction of sp³-hybridized carbons (Fsp3) is 0.105. The molecular formula is C19H15F2N3O3. The van der Waals surface area contributed by atoms with Gasteiger partial charge in [-0.05, 0) is 30.7 Å². The third-order valence-electron chi connectivity index (χ3n) is 3.67. The number of nitrogens with two attached hydrogens (primary N) is 1. The normalized spacial score (nSPS) is 10.7. The molecule has 0 spiro atoms. The molecule has 27 heavy (non-hydrogen) atoms. The summed E-state index contributed by atoms with van der Waals surface area (Å²) in [5.74, 6) is 0.0788. The van der Waals surface area contributed by atoms with E-state index >= 15 is 0 Å². The van der Waals surface area contributed by atoms with E-state index in [4.69, 9.17) is 10.5 Å². The molecule has 0 atom stereocenters. The predicted molar refractivity (Wildman–Crippen MR) is 93.9 cm³/mol. The standard InChI is InChI=1S/C19H15F2N3O3/c1-11-6-12(2-3-16(11)18(22)25)17-8-13(4-5-24-17)26-14-7-15(10-23-9-14)27-19(20)21/h2-10,19H,1H3,(H2,22,25). The number of halogens is 2. The third kappa shape index (κ3) is 4.55. The first-order chi connectivity index (χ1) is 12.9. The summed E-state index contributed by atoms with van der Waals surface area (Å²) in [7, 11) is 0. The minimum absolute atomic E-state index is 0.102. The fourth-order valence-electron chi connectivity index (χ4n) is 2.49. The van der Waals surface area contributed by atoms with Gasteiger partial charge in [0.15, 0.2) is 0 Å². The van der Waals surface area contributed by atoms with Crippen LogP contribution in [0.25, 0.3) is 11.3 Å². The van der Waals surface area contributed by atoms with Crippen molar-refractivity contribution in [2.45, 2.75) is 13.5 Å². The maximum absolute atomic E-state index is 12.3. The molecule has 2 heterocycles. The lowest BCUT2D eigenvalue weighted by atomic mass is 10.0. The molecule has 0 saturated carbocycles. The molecule has 0 unspecified atom stereocenters. The van der Waals surface area contributed by atoms with Gasteiger partial charge in [0.1, 0.15) is 17.2 Å². The van der Waals surface area contributed by atoms with Crippen molar-refractivity contribution >= 4 is 5.91 Å². The number of carbonyl (C=O) groups is 1. The molecule has 8 heteroatoms. The number of hydrogen-bond acceptors (Lipinski definition) is 5. The molecule has 0 radical (unpaired) electrons. The molecule has 6 nitrogen and oxygen atoms in total. The average Bonchev–Trinajstić information content (AvgIpc) is 2.61. The topological polar surface area (TPSA) is 87.3 Å². The number of pyridine rings is 2. The van der Waals surface area contributed by atoms with Crippen LogP contribution in [0.15, 0.2) is 55.0 Å². The lowest BCUT2D eigenvalue weighted by Gasteiger charge is -2.10. The summed E-state index contributed by atoms with van der Waals surface area (Å²) in [5.41, 5.74) is 7.87. The smallest absolute Gasteiger partial charge is 0.387 e. The van der Waals surface area contributed by atoms with Crippen molar-refractivity contribution < 1.29 is 23.0 Å². The molecule has 0 aliphatic heterocycles. The van der Waals surface area contributed by atoms with E-state index in [1.165, 1.54) is 18.5 Å². The molecule has 3 aromatic rings. The van der Waals surface area contributed by atoms with Gasteiger partial charge >= 0.3 is 6.61 Å². The van der Waals surface area contributed by atoms with Crippen molar-refractivity contribution in [3.8, 4) is 28.5 Å². The molecule has 0 saturated heterocycles. The second-order valence-corrected chi connectivity index (χ2v) is 5.61. The van der Waals surface area contributed by atoms with Crippen molar-refractivity contribution in [1.29, 1.82) is 0 Å². The van der Waals surface area contributed by atoms with Crippen LogP contribution in [0.3, 0.4) is 0 Å². The van der Waals surface area contributed by atoms with Crippen LogP contribution < -0.4 is 15.2 Å². The lowest BCUT2D eigenvalue weighted by Crippen LogP contribution is -2.12. The number of benzene rings is 1. The van der Waals surface area contributed by atoms with E-state index in [2.05, 4.69) is 14.7 Å². The SMILES string of the molecule is Cc1cc(-c2cc(Oc3cncc(OC(F)F)c3)ccn2)ccc1C(N)=O. The molecule has 138 valence electrons. The number of alkyl halides is 2. The summed E-state index contributed by atoms with van der Waals surface area (Å²) in [6.07, 6.45) is 4.10.